The minimum Gasteiger partial charge on any atom is -0.386 e. The zero-order valence-electron chi connectivity index (χ0n) is 12.5. The maximum absolute atomic E-state index is 10.4. The molecule has 0 saturated carbocycles. The molecule has 0 aliphatic carbocycles. The molecule has 0 saturated heterocycles. The number of aromatic nitrogens is 3. The van der Waals surface area contributed by atoms with Crippen molar-refractivity contribution in [3.05, 3.63) is 47.0 Å². The van der Waals surface area contributed by atoms with Gasteiger partial charge in [-0.15, -0.1) is 0 Å². The first kappa shape index (κ1) is 14.7. The predicted octanol–water partition coefficient (Wildman–Crippen LogP) is 2.70. The average molecular weight is 273 g/mol. The molecule has 20 heavy (non-hydrogen) atoms. The summed E-state index contributed by atoms with van der Waals surface area (Å²) < 4.78 is 1.83. The molecular weight excluding hydrogens is 250 g/mol. The van der Waals surface area contributed by atoms with Gasteiger partial charge in [-0.05, 0) is 17.5 Å². The fourth-order valence-corrected chi connectivity index (χ4v) is 2.23. The van der Waals surface area contributed by atoms with Gasteiger partial charge in [0.2, 0.25) is 0 Å². The van der Waals surface area contributed by atoms with Crippen molar-refractivity contribution in [1.82, 2.24) is 14.8 Å². The fourth-order valence-electron chi connectivity index (χ4n) is 2.23. The summed E-state index contributed by atoms with van der Waals surface area (Å²) in [4.78, 5) is 4.46. The summed E-state index contributed by atoms with van der Waals surface area (Å²) in [6.07, 6.45) is 2.12. The molecule has 1 heterocycles. The SMILES string of the molecule is CCc1ccc(C(O)Cn2nc(CC)nc2CC)cc1. The van der Waals surface area contributed by atoms with Gasteiger partial charge in [0.25, 0.3) is 0 Å². The molecule has 2 rings (SSSR count). The Morgan fingerprint density at radius 1 is 1.05 bits per heavy atom. The van der Waals surface area contributed by atoms with Gasteiger partial charge in [-0.3, -0.25) is 0 Å². The summed E-state index contributed by atoms with van der Waals surface area (Å²) >= 11 is 0. The Hall–Kier alpha value is -1.68. The molecule has 0 aliphatic rings. The quantitative estimate of drug-likeness (QED) is 0.880. The van der Waals surface area contributed by atoms with Crippen LogP contribution in [-0.2, 0) is 25.8 Å². The molecule has 0 aliphatic heterocycles. The lowest BCUT2D eigenvalue weighted by molar-refractivity contribution is 0.150. The molecule has 1 aromatic heterocycles. The van der Waals surface area contributed by atoms with Crippen LogP contribution in [0.1, 0.15) is 49.7 Å². The van der Waals surface area contributed by atoms with Gasteiger partial charge in [0.15, 0.2) is 5.82 Å². The molecule has 108 valence electrons. The lowest BCUT2D eigenvalue weighted by Gasteiger charge is -2.12. The number of hydrogen-bond acceptors (Lipinski definition) is 3. The highest BCUT2D eigenvalue weighted by molar-refractivity contribution is 5.24. The number of rotatable bonds is 6. The molecule has 0 amide bonds. The van der Waals surface area contributed by atoms with Crippen molar-refractivity contribution in [2.45, 2.75) is 52.7 Å². The Balaban J connectivity index is 2.13. The first-order chi connectivity index (χ1) is 9.67. The molecule has 1 unspecified atom stereocenters. The first-order valence-corrected chi connectivity index (χ1v) is 7.37. The third-order valence-electron chi connectivity index (χ3n) is 3.54. The Kier molecular flexibility index (Phi) is 4.90. The van der Waals surface area contributed by atoms with E-state index in [-0.39, 0.29) is 0 Å². The molecule has 0 fully saturated rings. The van der Waals surface area contributed by atoms with E-state index >= 15 is 0 Å². The Bertz CT molecular complexity index is 545. The summed E-state index contributed by atoms with van der Waals surface area (Å²) in [5.41, 5.74) is 2.21. The molecule has 4 heteroatoms. The van der Waals surface area contributed by atoms with Crippen LogP contribution < -0.4 is 0 Å². The highest BCUT2D eigenvalue weighted by atomic mass is 16.3. The second-order valence-corrected chi connectivity index (χ2v) is 4.94. The smallest absolute Gasteiger partial charge is 0.150 e. The predicted molar refractivity (Wildman–Crippen MR) is 79.6 cm³/mol. The van der Waals surface area contributed by atoms with Crippen LogP contribution in [0.3, 0.4) is 0 Å². The van der Waals surface area contributed by atoms with Crippen LogP contribution in [0.25, 0.3) is 0 Å². The lowest BCUT2D eigenvalue weighted by Crippen LogP contribution is -2.13. The maximum atomic E-state index is 10.4. The molecule has 1 aromatic carbocycles. The first-order valence-electron chi connectivity index (χ1n) is 7.37. The molecule has 1 N–H and O–H groups in total. The molecule has 0 bridgehead atoms. The zero-order chi connectivity index (χ0) is 14.5. The van der Waals surface area contributed by atoms with Gasteiger partial charge in [-0.2, -0.15) is 5.10 Å². The monoisotopic (exact) mass is 273 g/mol. The van der Waals surface area contributed by atoms with Crippen LogP contribution in [0, 0.1) is 0 Å². The van der Waals surface area contributed by atoms with Crippen molar-refractivity contribution in [3.8, 4) is 0 Å². The van der Waals surface area contributed by atoms with Gasteiger partial charge < -0.3 is 5.11 Å². The van der Waals surface area contributed by atoms with Crippen LogP contribution in [0.5, 0.6) is 0 Å². The van der Waals surface area contributed by atoms with E-state index in [1.807, 2.05) is 23.7 Å². The van der Waals surface area contributed by atoms with Crippen LogP contribution in [0.15, 0.2) is 24.3 Å². The Morgan fingerprint density at radius 3 is 2.30 bits per heavy atom. The third-order valence-corrected chi connectivity index (χ3v) is 3.54. The second-order valence-electron chi connectivity index (χ2n) is 4.94. The second kappa shape index (κ2) is 6.66. The minimum atomic E-state index is -0.544. The maximum Gasteiger partial charge on any atom is 0.150 e. The van der Waals surface area contributed by atoms with Gasteiger partial charge in [0.1, 0.15) is 5.82 Å². The summed E-state index contributed by atoms with van der Waals surface area (Å²) in [7, 11) is 0. The average Bonchev–Trinajstić information content (AvgIpc) is 2.89. The summed E-state index contributed by atoms with van der Waals surface area (Å²) in [5, 5.41) is 14.8. The molecule has 2 aromatic rings. The lowest BCUT2D eigenvalue weighted by atomic mass is 10.1. The van der Waals surface area contributed by atoms with E-state index in [0.717, 1.165) is 36.5 Å². The van der Waals surface area contributed by atoms with Crippen molar-refractivity contribution in [3.63, 3.8) is 0 Å². The number of aliphatic hydroxyl groups is 1. The van der Waals surface area contributed by atoms with E-state index in [4.69, 9.17) is 0 Å². The van der Waals surface area contributed by atoms with Gasteiger partial charge in [0.05, 0.1) is 12.6 Å². The number of aryl methyl sites for hydroxylation is 3. The molecular formula is C16H23N3O. The fraction of sp³-hybridized carbons (Fsp3) is 0.500. The van der Waals surface area contributed by atoms with E-state index in [1.54, 1.807) is 0 Å². The highest BCUT2D eigenvalue weighted by Gasteiger charge is 2.13. The van der Waals surface area contributed by atoms with Gasteiger partial charge in [-0.1, -0.05) is 45.0 Å². The standard InChI is InChI=1S/C16H23N3O/c1-4-12-7-9-13(10-8-12)14(20)11-19-16(6-3)17-15(5-2)18-19/h7-10,14,20H,4-6,11H2,1-3H3. The molecule has 0 spiro atoms. The Morgan fingerprint density at radius 2 is 1.75 bits per heavy atom. The number of aliphatic hydroxyl groups excluding tert-OH is 1. The minimum absolute atomic E-state index is 0.460. The largest absolute Gasteiger partial charge is 0.386 e. The van der Waals surface area contributed by atoms with E-state index in [9.17, 15) is 5.11 Å². The van der Waals surface area contributed by atoms with E-state index in [2.05, 4.69) is 36.1 Å². The topological polar surface area (TPSA) is 50.9 Å². The van der Waals surface area contributed by atoms with E-state index in [1.165, 1.54) is 5.56 Å². The van der Waals surface area contributed by atoms with Gasteiger partial charge in [0, 0.05) is 12.8 Å². The van der Waals surface area contributed by atoms with E-state index in [0.29, 0.717) is 6.54 Å². The van der Waals surface area contributed by atoms with E-state index < -0.39 is 6.10 Å². The molecule has 4 nitrogen and oxygen atoms in total. The zero-order valence-corrected chi connectivity index (χ0v) is 12.5. The van der Waals surface area contributed by atoms with Crippen molar-refractivity contribution >= 4 is 0 Å². The van der Waals surface area contributed by atoms with Crippen LogP contribution >= 0.6 is 0 Å². The van der Waals surface area contributed by atoms with Gasteiger partial charge in [-0.25, -0.2) is 9.67 Å². The normalized spacial score (nSPS) is 12.6. The number of nitrogens with zero attached hydrogens (tertiary/aromatic N) is 3. The van der Waals surface area contributed by atoms with Crippen molar-refractivity contribution < 1.29 is 5.11 Å². The van der Waals surface area contributed by atoms with Crippen molar-refractivity contribution in [1.29, 1.82) is 0 Å². The Labute approximate surface area is 120 Å². The van der Waals surface area contributed by atoms with Crippen molar-refractivity contribution in [2.75, 3.05) is 0 Å². The summed E-state index contributed by atoms with van der Waals surface area (Å²) in [6.45, 7) is 6.68. The third kappa shape index (κ3) is 3.25. The number of benzene rings is 1. The molecule has 1 atom stereocenters. The van der Waals surface area contributed by atoms with Crippen molar-refractivity contribution in [2.24, 2.45) is 0 Å². The van der Waals surface area contributed by atoms with Crippen LogP contribution in [-0.4, -0.2) is 19.9 Å². The molecule has 0 radical (unpaired) electrons. The summed E-state index contributed by atoms with van der Waals surface area (Å²) in [5.74, 6) is 1.78. The van der Waals surface area contributed by atoms with Gasteiger partial charge >= 0.3 is 0 Å². The number of hydrogen-bond donors (Lipinski definition) is 1. The van der Waals surface area contributed by atoms with Crippen LogP contribution in [0.4, 0.5) is 0 Å². The highest BCUT2D eigenvalue weighted by Crippen LogP contribution is 2.17. The summed E-state index contributed by atoms with van der Waals surface area (Å²) in [6, 6.07) is 8.12. The van der Waals surface area contributed by atoms with Crippen LogP contribution in [0.2, 0.25) is 0 Å².